The van der Waals surface area contributed by atoms with Gasteiger partial charge in [0.15, 0.2) is 0 Å². The molecule has 1 aliphatic carbocycles. The van der Waals surface area contributed by atoms with Gasteiger partial charge in [0.2, 0.25) is 0 Å². The second kappa shape index (κ2) is 7.38. The van der Waals surface area contributed by atoms with Crippen molar-refractivity contribution in [1.29, 1.82) is 0 Å². The summed E-state index contributed by atoms with van der Waals surface area (Å²) in [6.45, 7) is 13.3. The zero-order valence-electron chi connectivity index (χ0n) is 12.3. The zero-order valence-corrected chi connectivity index (χ0v) is 12.3. The van der Waals surface area contributed by atoms with E-state index in [0.717, 1.165) is 25.0 Å². The average Bonchev–Trinajstić information content (AvgIpc) is 2.22. The van der Waals surface area contributed by atoms with Gasteiger partial charge in [-0.3, -0.25) is 0 Å². The summed E-state index contributed by atoms with van der Waals surface area (Å²) in [4.78, 5) is 0. The van der Waals surface area contributed by atoms with Gasteiger partial charge in [-0.2, -0.15) is 0 Å². The van der Waals surface area contributed by atoms with Gasteiger partial charge >= 0.3 is 0 Å². The van der Waals surface area contributed by atoms with E-state index in [1.807, 2.05) is 0 Å². The predicted octanol–water partition coefficient (Wildman–Crippen LogP) is 3.46. The SMILES string of the molecule is CC1CC(C)CC(OCCNC(C)C(C)C)C1. The zero-order chi connectivity index (χ0) is 12.8. The van der Waals surface area contributed by atoms with Gasteiger partial charge in [-0.1, -0.05) is 27.7 Å². The van der Waals surface area contributed by atoms with Crippen molar-refractivity contribution in [3.05, 3.63) is 0 Å². The van der Waals surface area contributed by atoms with E-state index >= 15 is 0 Å². The Kier molecular flexibility index (Phi) is 6.50. The van der Waals surface area contributed by atoms with Crippen molar-refractivity contribution < 1.29 is 4.74 Å². The van der Waals surface area contributed by atoms with Crippen LogP contribution in [0, 0.1) is 17.8 Å². The van der Waals surface area contributed by atoms with E-state index in [1.165, 1.54) is 19.3 Å². The minimum absolute atomic E-state index is 0.505. The first-order chi connectivity index (χ1) is 7.99. The first kappa shape index (κ1) is 15.0. The molecule has 0 amide bonds. The van der Waals surface area contributed by atoms with E-state index in [2.05, 4.69) is 39.9 Å². The maximum Gasteiger partial charge on any atom is 0.0594 e. The monoisotopic (exact) mass is 241 g/mol. The van der Waals surface area contributed by atoms with Crippen LogP contribution in [-0.2, 0) is 4.74 Å². The Morgan fingerprint density at radius 2 is 1.65 bits per heavy atom. The van der Waals surface area contributed by atoms with Gasteiger partial charge in [0.1, 0.15) is 0 Å². The largest absolute Gasteiger partial charge is 0.377 e. The fourth-order valence-electron chi connectivity index (χ4n) is 2.76. The van der Waals surface area contributed by atoms with Crippen LogP contribution >= 0.6 is 0 Å². The standard InChI is InChI=1S/C15H31NO/c1-11(2)14(5)16-6-7-17-15-9-12(3)8-13(4)10-15/h11-16H,6-10H2,1-5H3. The number of ether oxygens (including phenoxy) is 1. The third-order valence-corrected chi connectivity index (χ3v) is 4.06. The first-order valence-electron chi connectivity index (χ1n) is 7.34. The molecule has 1 aliphatic rings. The van der Waals surface area contributed by atoms with Gasteiger partial charge in [-0.05, 0) is 43.9 Å². The van der Waals surface area contributed by atoms with E-state index in [9.17, 15) is 0 Å². The fraction of sp³-hybridized carbons (Fsp3) is 1.00. The van der Waals surface area contributed by atoms with E-state index < -0.39 is 0 Å². The van der Waals surface area contributed by atoms with Gasteiger partial charge in [-0.25, -0.2) is 0 Å². The maximum atomic E-state index is 5.99. The molecule has 1 fully saturated rings. The smallest absolute Gasteiger partial charge is 0.0594 e. The highest BCUT2D eigenvalue weighted by Crippen LogP contribution is 2.30. The fourth-order valence-corrected chi connectivity index (χ4v) is 2.76. The number of hydrogen-bond donors (Lipinski definition) is 1. The lowest BCUT2D eigenvalue weighted by molar-refractivity contribution is 0.00181. The number of hydrogen-bond acceptors (Lipinski definition) is 2. The van der Waals surface area contributed by atoms with Crippen LogP contribution in [0.3, 0.4) is 0 Å². The summed E-state index contributed by atoms with van der Waals surface area (Å²) in [7, 11) is 0. The van der Waals surface area contributed by atoms with Crippen molar-refractivity contribution in [2.24, 2.45) is 17.8 Å². The van der Waals surface area contributed by atoms with Crippen LogP contribution in [0.5, 0.6) is 0 Å². The summed E-state index contributed by atoms with van der Waals surface area (Å²) in [6.07, 6.45) is 4.39. The van der Waals surface area contributed by atoms with Crippen LogP contribution in [0.1, 0.15) is 53.9 Å². The molecule has 0 spiro atoms. The van der Waals surface area contributed by atoms with Crippen LogP contribution in [0.25, 0.3) is 0 Å². The lowest BCUT2D eigenvalue weighted by atomic mass is 9.82. The van der Waals surface area contributed by atoms with Crippen LogP contribution in [-0.4, -0.2) is 25.3 Å². The molecule has 1 saturated carbocycles. The summed E-state index contributed by atoms with van der Waals surface area (Å²) in [5, 5.41) is 3.52. The maximum absolute atomic E-state index is 5.99. The molecule has 0 saturated heterocycles. The Balaban J connectivity index is 2.10. The lowest BCUT2D eigenvalue weighted by Crippen LogP contribution is -2.35. The van der Waals surface area contributed by atoms with Gasteiger partial charge in [0, 0.05) is 12.6 Å². The third-order valence-electron chi connectivity index (χ3n) is 4.06. The molecular weight excluding hydrogens is 210 g/mol. The summed E-state index contributed by atoms with van der Waals surface area (Å²) >= 11 is 0. The van der Waals surface area contributed by atoms with Crippen molar-refractivity contribution in [2.75, 3.05) is 13.2 Å². The molecule has 0 aromatic heterocycles. The number of rotatable bonds is 6. The summed E-state index contributed by atoms with van der Waals surface area (Å²) < 4.78 is 5.99. The Morgan fingerprint density at radius 1 is 1.06 bits per heavy atom. The molecule has 2 heteroatoms. The lowest BCUT2D eigenvalue weighted by Gasteiger charge is -2.31. The van der Waals surface area contributed by atoms with Gasteiger partial charge < -0.3 is 10.1 Å². The Labute approximate surface area is 108 Å². The molecule has 3 atom stereocenters. The molecule has 102 valence electrons. The Morgan fingerprint density at radius 3 is 2.18 bits per heavy atom. The van der Waals surface area contributed by atoms with Crippen molar-refractivity contribution in [3.8, 4) is 0 Å². The minimum atomic E-state index is 0.505. The molecular formula is C15H31NO. The van der Waals surface area contributed by atoms with Crippen molar-refractivity contribution >= 4 is 0 Å². The Bertz CT molecular complexity index is 195. The van der Waals surface area contributed by atoms with E-state index in [4.69, 9.17) is 4.74 Å². The van der Waals surface area contributed by atoms with Crippen LogP contribution < -0.4 is 5.32 Å². The summed E-state index contributed by atoms with van der Waals surface area (Å²) in [5.74, 6) is 2.38. The molecule has 0 heterocycles. The van der Waals surface area contributed by atoms with Crippen molar-refractivity contribution in [2.45, 2.75) is 66.0 Å². The van der Waals surface area contributed by atoms with E-state index in [1.54, 1.807) is 0 Å². The summed E-state index contributed by atoms with van der Waals surface area (Å²) in [6, 6.07) is 0.586. The molecule has 1 N–H and O–H groups in total. The predicted molar refractivity (Wildman–Crippen MR) is 74.2 cm³/mol. The van der Waals surface area contributed by atoms with Gasteiger partial charge in [0.25, 0.3) is 0 Å². The molecule has 0 aromatic rings. The molecule has 17 heavy (non-hydrogen) atoms. The van der Waals surface area contributed by atoms with Crippen LogP contribution in [0.2, 0.25) is 0 Å². The van der Waals surface area contributed by atoms with Crippen LogP contribution in [0.15, 0.2) is 0 Å². The van der Waals surface area contributed by atoms with Gasteiger partial charge in [-0.15, -0.1) is 0 Å². The minimum Gasteiger partial charge on any atom is -0.377 e. The highest BCUT2D eigenvalue weighted by molar-refractivity contribution is 4.75. The first-order valence-corrected chi connectivity index (χ1v) is 7.34. The molecule has 0 bridgehead atoms. The normalized spacial score (nSPS) is 31.8. The third kappa shape index (κ3) is 5.87. The molecule has 0 radical (unpaired) electrons. The van der Waals surface area contributed by atoms with E-state index in [0.29, 0.717) is 18.1 Å². The summed E-state index contributed by atoms with van der Waals surface area (Å²) in [5.41, 5.74) is 0. The van der Waals surface area contributed by atoms with Gasteiger partial charge in [0.05, 0.1) is 12.7 Å². The second-order valence-corrected chi connectivity index (χ2v) is 6.40. The number of nitrogens with one attached hydrogen (secondary N) is 1. The Hall–Kier alpha value is -0.0800. The molecule has 3 unspecified atom stereocenters. The average molecular weight is 241 g/mol. The van der Waals surface area contributed by atoms with E-state index in [-0.39, 0.29) is 0 Å². The topological polar surface area (TPSA) is 21.3 Å². The highest BCUT2D eigenvalue weighted by atomic mass is 16.5. The molecule has 0 aliphatic heterocycles. The molecule has 1 rings (SSSR count). The molecule has 0 aromatic carbocycles. The van der Waals surface area contributed by atoms with Crippen molar-refractivity contribution in [3.63, 3.8) is 0 Å². The van der Waals surface area contributed by atoms with Crippen molar-refractivity contribution in [1.82, 2.24) is 5.32 Å². The molecule has 2 nitrogen and oxygen atoms in total. The van der Waals surface area contributed by atoms with Crippen LogP contribution in [0.4, 0.5) is 0 Å². The quantitative estimate of drug-likeness (QED) is 0.719. The second-order valence-electron chi connectivity index (χ2n) is 6.40. The highest BCUT2D eigenvalue weighted by Gasteiger charge is 2.24.